The van der Waals surface area contributed by atoms with Crippen LogP contribution in [-0.4, -0.2) is 27.8 Å². The van der Waals surface area contributed by atoms with Crippen LogP contribution in [0, 0.1) is 0 Å². The maximum atomic E-state index is 11.8. The molecule has 0 aromatic heterocycles. The number of hydrogen-bond acceptors (Lipinski definition) is 5. The summed E-state index contributed by atoms with van der Waals surface area (Å²) in [5, 5.41) is 0. The Morgan fingerprint density at radius 1 is 1.05 bits per heavy atom. The zero-order valence-electron chi connectivity index (χ0n) is 12.3. The van der Waals surface area contributed by atoms with Crippen LogP contribution in [0.15, 0.2) is 48.5 Å². The van der Waals surface area contributed by atoms with Crippen LogP contribution >= 0.6 is 0 Å². The molecule has 5 nitrogen and oxygen atoms in total. The van der Waals surface area contributed by atoms with E-state index in [1.165, 1.54) is 7.11 Å². The van der Waals surface area contributed by atoms with E-state index < -0.39 is 16.1 Å². The predicted octanol–water partition coefficient (Wildman–Crippen LogP) is 2.62. The Morgan fingerprint density at radius 3 is 2.27 bits per heavy atom. The summed E-state index contributed by atoms with van der Waals surface area (Å²) in [5.74, 6) is -0.403. The van der Waals surface area contributed by atoms with Gasteiger partial charge in [0.2, 0.25) is 0 Å². The average Bonchev–Trinajstić information content (AvgIpc) is 2.52. The molecule has 0 amide bonds. The second-order valence-electron chi connectivity index (χ2n) is 4.70. The molecule has 0 saturated carbocycles. The molecule has 2 rings (SSSR count). The Hall–Kier alpha value is -2.18. The van der Waals surface area contributed by atoms with Crippen molar-refractivity contribution in [3.8, 4) is 11.1 Å². The zero-order chi connectivity index (χ0) is 16.2. The Kier molecular flexibility index (Phi) is 4.95. The highest BCUT2D eigenvalue weighted by Crippen LogP contribution is 2.24. The third kappa shape index (κ3) is 4.16. The fourth-order valence-electron chi connectivity index (χ4n) is 1.98. The number of esters is 1. The second-order valence-corrected chi connectivity index (χ2v) is 6.34. The van der Waals surface area contributed by atoms with E-state index in [-0.39, 0.29) is 6.61 Å². The number of methoxy groups -OCH3 is 1. The van der Waals surface area contributed by atoms with Crippen LogP contribution in [0.25, 0.3) is 11.1 Å². The first kappa shape index (κ1) is 16.2. The van der Waals surface area contributed by atoms with Gasteiger partial charge in [-0.25, -0.2) is 4.79 Å². The van der Waals surface area contributed by atoms with Gasteiger partial charge in [-0.3, -0.25) is 4.18 Å². The van der Waals surface area contributed by atoms with Crippen molar-refractivity contribution in [3.05, 3.63) is 59.7 Å². The molecular weight excluding hydrogens is 304 g/mol. The molecule has 0 N–H and O–H groups in total. The Morgan fingerprint density at radius 2 is 1.68 bits per heavy atom. The minimum absolute atomic E-state index is 0.0161. The summed E-state index contributed by atoms with van der Waals surface area (Å²) in [6.45, 7) is -0.0161. The molecule has 0 radical (unpaired) electrons. The van der Waals surface area contributed by atoms with Gasteiger partial charge in [0.25, 0.3) is 10.1 Å². The number of carbonyl (C=O) groups is 1. The highest BCUT2D eigenvalue weighted by atomic mass is 32.2. The smallest absolute Gasteiger partial charge is 0.338 e. The van der Waals surface area contributed by atoms with Crippen molar-refractivity contribution in [2.24, 2.45) is 0 Å². The highest BCUT2D eigenvalue weighted by Gasteiger charge is 2.12. The molecule has 0 bridgehead atoms. The first-order valence-electron chi connectivity index (χ1n) is 6.52. The molecule has 0 unspecified atom stereocenters. The zero-order valence-corrected chi connectivity index (χ0v) is 13.1. The van der Waals surface area contributed by atoms with Crippen LogP contribution < -0.4 is 0 Å². The number of ether oxygens (including phenoxy) is 1. The molecule has 0 spiro atoms. The highest BCUT2D eigenvalue weighted by molar-refractivity contribution is 7.85. The summed E-state index contributed by atoms with van der Waals surface area (Å²) < 4.78 is 31.5. The van der Waals surface area contributed by atoms with Gasteiger partial charge in [-0.1, -0.05) is 42.5 Å². The molecule has 22 heavy (non-hydrogen) atoms. The quantitative estimate of drug-likeness (QED) is 0.625. The number of benzene rings is 2. The summed E-state index contributed by atoms with van der Waals surface area (Å²) in [6.07, 6.45) is 1.01. The lowest BCUT2D eigenvalue weighted by atomic mass is 9.99. The van der Waals surface area contributed by atoms with Crippen molar-refractivity contribution in [2.45, 2.75) is 6.61 Å². The maximum absolute atomic E-state index is 11.8. The van der Waals surface area contributed by atoms with E-state index in [1.54, 1.807) is 24.3 Å². The van der Waals surface area contributed by atoms with Crippen LogP contribution in [0.3, 0.4) is 0 Å². The molecule has 0 aliphatic heterocycles. The van der Waals surface area contributed by atoms with Gasteiger partial charge in [0, 0.05) is 0 Å². The van der Waals surface area contributed by atoms with E-state index in [1.807, 2.05) is 24.3 Å². The Labute approximate surface area is 129 Å². The van der Waals surface area contributed by atoms with Gasteiger partial charge in [0.1, 0.15) is 0 Å². The van der Waals surface area contributed by atoms with Crippen molar-refractivity contribution in [3.63, 3.8) is 0 Å². The van der Waals surface area contributed by atoms with Gasteiger partial charge in [-0.05, 0) is 22.8 Å². The van der Waals surface area contributed by atoms with E-state index >= 15 is 0 Å². The van der Waals surface area contributed by atoms with Crippen LogP contribution in [0.2, 0.25) is 0 Å². The maximum Gasteiger partial charge on any atom is 0.338 e. The number of rotatable bonds is 5. The molecule has 0 atom stereocenters. The lowest BCUT2D eigenvalue weighted by Crippen LogP contribution is -2.04. The number of carbonyl (C=O) groups excluding carboxylic acids is 1. The lowest BCUT2D eigenvalue weighted by molar-refractivity contribution is 0.0601. The van der Waals surface area contributed by atoms with Gasteiger partial charge in [0.05, 0.1) is 25.5 Å². The Balaban J connectivity index is 2.26. The lowest BCUT2D eigenvalue weighted by Gasteiger charge is -2.09. The summed E-state index contributed by atoms with van der Waals surface area (Å²) >= 11 is 0. The molecule has 0 fully saturated rings. The topological polar surface area (TPSA) is 69.7 Å². The SMILES string of the molecule is COC(=O)c1ccccc1-c1ccc(COS(C)(=O)=O)cc1. The fraction of sp³-hybridized carbons (Fsp3) is 0.188. The minimum atomic E-state index is -3.47. The van der Waals surface area contributed by atoms with Crippen molar-refractivity contribution < 1.29 is 22.1 Å². The second kappa shape index (κ2) is 6.72. The van der Waals surface area contributed by atoms with E-state index in [0.717, 1.165) is 22.9 Å². The van der Waals surface area contributed by atoms with Crippen molar-refractivity contribution in [2.75, 3.05) is 13.4 Å². The Bertz CT molecular complexity index is 763. The van der Waals surface area contributed by atoms with Crippen LogP contribution in [0.5, 0.6) is 0 Å². The van der Waals surface area contributed by atoms with E-state index in [4.69, 9.17) is 8.92 Å². The first-order valence-corrected chi connectivity index (χ1v) is 8.33. The molecule has 116 valence electrons. The minimum Gasteiger partial charge on any atom is -0.465 e. The average molecular weight is 320 g/mol. The summed E-state index contributed by atoms with van der Waals surface area (Å²) in [6, 6.07) is 14.3. The standard InChI is InChI=1S/C16H16O5S/c1-20-16(17)15-6-4-3-5-14(15)13-9-7-12(8-10-13)11-21-22(2,18)19/h3-10H,11H2,1-2H3. The number of hydrogen-bond donors (Lipinski definition) is 0. The summed E-state index contributed by atoms with van der Waals surface area (Å²) in [5.41, 5.74) is 2.80. The molecule has 0 saturated heterocycles. The van der Waals surface area contributed by atoms with E-state index in [0.29, 0.717) is 5.56 Å². The van der Waals surface area contributed by atoms with Crippen LogP contribution in [-0.2, 0) is 25.6 Å². The molecule has 2 aromatic rings. The van der Waals surface area contributed by atoms with Gasteiger partial charge >= 0.3 is 5.97 Å². The van der Waals surface area contributed by atoms with Gasteiger partial charge < -0.3 is 4.74 Å². The summed E-state index contributed by atoms with van der Waals surface area (Å²) in [7, 11) is -2.13. The molecular formula is C16H16O5S. The largest absolute Gasteiger partial charge is 0.465 e. The molecule has 2 aromatic carbocycles. The monoisotopic (exact) mass is 320 g/mol. The van der Waals surface area contributed by atoms with Crippen molar-refractivity contribution >= 4 is 16.1 Å². The third-order valence-corrected chi connectivity index (χ3v) is 3.58. The van der Waals surface area contributed by atoms with E-state index in [2.05, 4.69) is 0 Å². The first-order chi connectivity index (χ1) is 10.4. The predicted molar refractivity (Wildman–Crippen MR) is 82.9 cm³/mol. The molecule has 6 heteroatoms. The third-order valence-electron chi connectivity index (χ3n) is 3.04. The van der Waals surface area contributed by atoms with Crippen LogP contribution in [0.4, 0.5) is 0 Å². The van der Waals surface area contributed by atoms with Crippen molar-refractivity contribution in [1.82, 2.24) is 0 Å². The van der Waals surface area contributed by atoms with Crippen LogP contribution in [0.1, 0.15) is 15.9 Å². The van der Waals surface area contributed by atoms with Gasteiger partial charge in [0.15, 0.2) is 0 Å². The van der Waals surface area contributed by atoms with Gasteiger partial charge in [-0.2, -0.15) is 8.42 Å². The fourth-order valence-corrected chi connectivity index (χ4v) is 2.33. The van der Waals surface area contributed by atoms with Crippen molar-refractivity contribution in [1.29, 1.82) is 0 Å². The normalized spacial score (nSPS) is 11.2. The summed E-state index contributed by atoms with van der Waals surface area (Å²) in [4.78, 5) is 11.8. The van der Waals surface area contributed by atoms with Gasteiger partial charge in [-0.15, -0.1) is 0 Å². The molecule has 0 heterocycles. The molecule has 0 aliphatic rings. The van der Waals surface area contributed by atoms with E-state index in [9.17, 15) is 13.2 Å². The molecule has 0 aliphatic carbocycles.